The monoisotopic (exact) mass is 228 g/mol. The number of nitrogens with zero attached hydrogens (tertiary/aromatic N) is 2. The molecule has 0 amide bonds. The van der Waals surface area contributed by atoms with Crippen molar-refractivity contribution in [3.8, 4) is 0 Å². The van der Waals surface area contributed by atoms with E-state index < -0.39 is 0 Å². The maximum Gasteiger partial charge on any atom is 0.166 e. The number of fused-ring (bicyclic) bond motifs is 1. The van der Waals surface area contributed by atoms with E-state index in [1.54, 1.807) is 12.4 Å². The van der Waals surface area contributed by atoms with Crippen LogP contribution in [-0.2, 0) is 0 Å². The first-order valence-electron chi connectivity index (χ1n) is 5.69. The molecular weight excluding hydrogens is 212 g/mol. The highest BCUT2D eigenvalue weighted by Gasteiger charge is 2.10. The van der Waals surface area contributed by atoms with Crippen LogP contribution >= 0.6 is 0 Å². The number of carbonyl (C=O) groups is 1. The average Bonchev–Trinajstić information content (AvgIpc) is 2.35. The second kappa shape index (κ2) is 5.06. The van der Waals surface area contributed by atoms with Crippen LogP contribution in [0.5, 0.6) is 0 Å². The summed E-state index contributed by atoms with van der Waals surface area (Å²) in [6, 6.07) is 7.86. The van der Waals surface area contributed by atoms with Crippen LogP contribution in [0, 0.1) is 0 Å². The number of rotatable bonds is 4. The van der Waals surface area contributed by atoms with Gasteiger partial charge in [0.1, 0.15) is 0 Å². The zero-order chi connectivity index (χ0) is 12.3. The van der Waals surface area contributed by atoms with Crippen LogP contribution < -0.4 is 0 Å². The molecule has 2 rings (SSSR count). The molecule has 3 heteroatoms. The Morgan fingerprint density at radius 1 is 1.24 bits per heavy atom. The third-order valence-electron chi connectivity index (χ3n) is 2.75. The number of benzene rings is 1. The Hall–Kier alpha value is -1.74. The molecule has 0 aliphatic heterocycles. The van der Waals surface area contributed by atoms with E-state index in [4.69, 9.17) is 0 Å². The van der Waals surface area contributed by atoms with Crippen LogP contribution in [0.2, 0.25) is 0 Å². The largest absolute Gasteiger partial charge is 0.309 e. The van der Waals surface area contributed by atoms with E-state index in [1.165, 1.54) is 0 Å². The number of carbonyl (C=O) groups excluding carboxylic acids is 1. The van der Waals surface area contributed by atoms with Crippen molar-refractivity contribution in [1.82, 2.24) is 9.88 Å². The van der Waals surface area contributed by atoms with E-state index in [2.05, 4.69) is 4.98 Å². The van der Waals surface area contributed by atoms with Gasteiger partial charge in [-0.1, -0.05) is 24.3 Å². The molecule has 0 atom stereocenters. The quantitative estimate of drug-likeness (QED) is 0.753. The van der Waals surface area contributed by atoms with E-state index >= 15 is 0 Å². The highest BCUT2D eigenvalue weighted by atomic mass is 16.1. The van der Waals surface area contributed by atoms with Gasteiger partial charge >= 0.3 is 0 Å². The number of aromatic nitrogens is 1. The maximum absolute atomic E-state index is 12.1. The molecule has 0 radical (unpaired) electrons. The maximum atomic E-state index is 12.1. The van der Waals surface area contributed by atoms with E-state index in [9.17, 15) is 4.79 Å². The molecule has 0 aliphatic rings. The molecule has 1 aromatic carbocycles. The van der Waals surface area contributed by atoms with Gasteiger partial charge in [-0.25, -0.2) is 0 Å². The number of pyridine rings is 1. The lowest BCUT2D eigenvalue weighted by atomic mass is 10.0. The Balaban J connectivity index is 2.32. The minimum Gasteiger partial charge on any atom is -0.309 e. The fraction of sp³-hybridized carbons (Fsp3) is 0.286. The van der Waals surface area contributed by atoms with Gasteiger partial charge in [-0.15, -0.1) is 0 Å². The van der Waals surface area contributed by atoms with Gasteiger partial charge in [-0.3, -0.25) is 9.78 Å². The summed E-state index contributed by atoms with van der Waals surface area (Å²) in [6.07, 6.45) is 3.99. The summed E-state index contributed by atoms with van der Waals surface area (Å²) in [5.74, 6) is 0.156. The van der Waals surface area contributed by atoms with Crippen LogP contribution in [-0.4, -0.2) is 36.3 Å². The van der Waals surface area contributed by atoms with Gasteiger partial charge in [0, 0.05) is 36.3 Å². The molecule has 2 aromatic rings. The van der Waals surface area contributed by atoms with Crippen molar-refractivity contribution >= 4 is 16.6 Å². The normalized spacial score (nSPS) is 11.0. The van der Waals surface area contributed by atoms with Crippen molar-refractivity contribution in [2.45, 2.75) is 6.42 Å². The highest BCUT2D eigenvalue weighted by Crippen LogP contribution is 2.18. The van der Waals surface area contributed by atoms with E-state index in [0.29, 0.717) is 6.42 Å². The lowest BCUT2D eigenvalue weighted by Gasteiger charge is -2.09. The zero-order valence-electron chi connectivity index (χ0n) is 10.2. The number of hydrogen-bond donors (Lipinski definition) is 0. The molecule has 17 heavy (non-hydrogen) atoms. The molecule has 0 fully saturated rings. The standard InChI is InChI=1S/C14H16N2O/c1-16(2)8-7-14(17)13-10-15-9-11-5-3-4-6-12(11)13/h3-6,9-10H,7-8H2,1-2H3. The van der Waals surface area contributed by atoms with Crippen molar-refractivity contribution in [3.63, 3.8) is 0 Å². The molecule has 1 heterocycles. The van der Waals surface area contributed by atoms with Gasteiger partial charge in [-0.05, 0) is 19.5 Å². The van der Waals surface area contributed by atoms with Crippen molar-refractivity contribution in [1.29, 1.82) is 0 Å². The van der Waals surface area contributed by atoms with Gasteiger partial charge in [0.25, 0.3) is 0 Å². The summed E-state index contributed by atoms with van der Waals surface area (Å²) in [5.41, 5.74) is 0.727. The molecule has 3 nitrogen and oxygen atoms in total. The second-order valence-electron chi connectivity index (χ2n) is 4.38. The lowest BCUT2D eigenvalue weighted by Crippen LogP contribution is -2.16. The Bertz CT molecular complexity index is 529. The summed E-state index contributed by atoms with van der Waals surface area (Å²) in [4.78, 5) is 18.2. The van der Waals surface area contributed by atoms with Crippen molar-refractivity contribution in [2.24, 2.45) is 0 Å². The van der Waals surface area contributed by atoms with Gasteiger partial charge in [-0.2, -0.15) is 0 Å². The first-order chi connectivity index (χ1) is 8.18. The molecule has 0 bridgehead atoms. The number of ketones is 1. The van der Waals surface area contributed by atoms with Gasteiger partial charge in [0.2, 0.25) is 0 Å². The van der Waals surface area contributed by atoms with Crippen molar-refractivity contribution < 1.29 is 4.79 Å². The molecular formula is C14H16N2O. The smallest absolute Gasteiger partial charge is 0.166 e. The summed E-state index contributed by atoms with van der Waals surface area (Å²) in [7, 11) is 3.93. The molecule has 0 N–H and O–H groups in total. The molecule has 0 spiro atoms. The SMILES string of the molecule is CN(C)CCC(=O)c1cncc2ccccc12. The van der Waals surface area contributed by atoms with E-state index in [0.717, 1.165) is 22.9 Å². The van der Waals surface area contributed by atoms with Crippen LogP contribution in [0.3, 0.4) is 0 Å². The third-order valence-corrected chi connectivity index (χ3v) is 2.75. The van der Waals surface area contributed by atoms with Gasteiger partial charge in [0.15, 0.2) is 5.78 Å². The third kappa shape index (κ3) is 2.68. The van der Waals surface area contributed by atoms with Crippen LogP contribution in [0.15, 0.2) is 36.7 Å². The minimum absolute atomic E-state index is 0.156. The predicted octanol–water partition coefficient (Wildman–Crippen LogP) is 2.37. The average molecular weight is 228 g/mol. The molecule has 0 saturated heterocycles. The topological polar surface area (TPSA) is 33.2 Å². The van der Waals surface area contributed by atoms with E-state index in [1.807, 2.05) is 43.3 Å². The molecule has 0 aliphatic carbocycles. The Labute approximate surface area is 101 Å². The molecule has 1 aromatic heterocycles. The fourth-order valence-corrected chi connectivity index (χ4v) is 1.80. The Morgan fingerprint density at radius 2 is 2.00 bits per heavy atom. The van der Waals surface area contributed by atoms with Crippen LogP contribution in [0.25, 0.3) is 10.8 Å². The Morgan fingerprint density at radius 3 is 2.76 bits per heavy atom. The first kappa shape index (κ1) is 11.7. The molecule has 0 saturated carbocycles. The van der Waals surface area contributed by atoms with Crippen molar-refractivity contribution in [2.75, 3.05) is 20.6 Å². The van der Waals surface area contributed by atoms with Crippen LogP contribution in [0.1, 0.15) is 16.8 Å². The molecule has 88 valence electrons. The number of hydrogen-bond acceptors (Lipinski definition) is 3. The highest BCUT2D eigenvalue weighted by molar-refractivity contribution is 6.07. The lowest BCUT2D eigenvalue weighted by molar-refractivity contribution is 0.0974. The second-order valence-corrected chi connectivity index (χ2v) is 4.38. The van der Waals surface area contributed by atoms with Crippen LogP contribution in [0.4, 0.5) is 0 Å². The minimum atomic E-state index is 0.156. The number of Topliss-reactive ketones (excluding diaryl/α,β-unsaturated/α-hetero) is 1. The fourth-order valence-electron chi connectivity index (χ4n) is 1.80. The van der Waals surface area contributed by atoms with Gasteiger partial charge < -0.3 is 4.90 Å². The van der Waals surface area contributed by atoms with Crippen molar-refractivity contribution in [3.05, 3.63) is 42.2 Å². The van der Waals surface area contributed by atoms with Gasteiger partial charge in [0.05, 0.1) is 0 Å². The molecule has 0 unspecified atom stereocenters. The summed E-state index contributed by atoms with van der Waals surface area (Å²) < 4.78 is 0. The van der Waals surface area contributed by atoms with E-state index in [-0.39, 0.29) is 5.78 Å². The Kier molecular flexibility index (Phi) is 3.49. The predicted molar refractivity (Wildman–Crippen MR) is 69.2 cm³/mol. The summed E-state index contributed by atoms with van der Waals surface area (Å²) in [6.45, 7) is 0.766. The zero-order valence-corrected chi connectivity index (χ0v) is 10.2. The summed E-state index contributed by atoms with van der Waals surface area (Å²) >= 11 is 0. The first-order valence-corrected chi connectivity index (χ1v) is 5.69. The summed E-state index contributed by atoms with van der Waals surface area (Å²) in [5, 5.41) is 2.01.